The highest BCUT2D eigenvalue weighted by Gasteiger charge is 2.20. The van der Waals surface area contributed by atoms with Crippen LogP contribution < -0.4 is 16.0 Å². The second kappa shape index (κ2) is 6.00. The standard InChI is InChI=1S/C13H24N4O/c1-6-7-9(2)18-11-8-10(17-14)15-12(16-11)13(3,4)5/h8-9H,6-7,14H2,1-5H3,(H,15,16,17). The lowest BCUT2D eigenvalue weighted by atomic mass is 9.96. The number of rotatable bonds is 5. The summed E-state index contributed by atoms with van der Waals surface area (Å²) in [6.07, 6.45) is 2.23. The first-order valence-corrected chi connectivity index (χ1v) is 6.39. The van der Waals surface area contributed by atoms with Crippen molar-refractivity contribution in [3.63, 3.8) is 0 Å². The lowest BCUT2D eigenvalue weighted by Gasteiger charge is -2.20. The van der Waals surface area contributed by atoms with Crippen molar-refractivity contribution >= 4 is 5.82 Å². The van der Waals surface area contributed by atoms with Gasteiger partial charge in [-0.05, 0) is 13.3 Å². The van der Waals surface area contributed by atoms with Gasteiger partial charge in [-0.2, -0.15) is 4.98 Å². The van der Waals surface area contributed by atoms with Crippen LogP contribution in [0.3, 0.4) is 0 Å². The third-order valence-corrected chi connectivity index (χ3v) is 2.54. The van der Waals surface area contributed by atoms with E-state index < -0.39 is 0 Å². The maximum absolute atomic E-state index is 5.79. The molecule has 0 saturated carbocycles. The normalized spacial score (nSPS) is 13.2. The van der Waals surface area contributed by atoms with Gasteiger partial charge < -0.3 is 10.2 Å². The molecular weight excluding hydrogens is 228 g/mol. The SMILES string of the molecule is CCCC(C)Oc1cc(NN)nc(C(C)(C)C)n1. The van der Waals surface area contributed by atoms with Gasteiger partial charge in [0.2, 0.25) is 5.88 Å². The van der Waals surface area contributed by atoms with Crippen molar-refractivity contribution in [2.75, 3.05) is 5.43 Å². The Morgan fingerprint density at radius 3 is 2.56 bits per heavy atom. The average molecular weight is 252 g/mol. The molecule has 0 spiro atoms. The van der Waals surface area contributed by atoms with Crippen LogP contribution in [0.2, 0.25) is 0 Å². The summed E-state index contributed by atoms with van der Waals surface area (Å²) in [4.78, 5) is 8.80. The Bertz CT molecular complexity index is 387. The second-order valence-electron chi connectivity index (χ2n) is 5.53. The summed E-state index contributed by atoms with van der Waals surface area (Å²) in [7, 11) is 0. The number of ether oxygens (including phenoxy) is 1. The smallest absolute Gasteiger partial charge is 0.219 e. The fourth-order valence-corrected chi connectivity index (χ4v) is 1.57. The van der Waals surface area contributed by atoms with Gasteiger partial charge >= 0.3 is 0 Å². The highest BCUT2D eigenvalue weighted by molar-refractivity contribution is 5.38. The fourth-order valence-electron chi connectivity index (χ4n) is 1.57. The van der Waals surface area contributed by atoms with E-state index in [9.17, 15) is 0 Å². The van der Waals surface area contributed by atoms with Crippen molar-refractivity contribution in [1.29, 1.82) is 0 Å². The molecule has 5 nitrogen and oxygen atoms in total. The van der Waals surface area contributed by atoms with Gasteiger partial charge in [-0.15, -0.1) is 0 Å². The zero-order chi connectivity index (χ0) is 13.8. The molecule has 0 saturated heterocycles. The van der Waals surface area contributed by atoms with Gasteiger partial charge in [-0.25, -0.2) is 10.8 Å². The van der Waals surface area contributed by atoms with Gasteiger partial charge in [0.15, 0.2) is 0 Å². The maximum atomic E-state index is 5.79. The van der Waals surface area contributed by atoms with Crippen LogP contribution >= 0.6 is 0 Å². The van der Waals surface area contributed by atoms with Crippen molar-refractivity contribution in [3.8, 4) is 5.88 Å². The van der Waals surface area contributed by atoms with Crippen LogP contribution in [0.25, 0.3) is 0 Å². The van der Waals surface area contributed by atoms with Gasteiger partial charge in [0.05, 0.1) is 6.10 Å². The largest absolute Gasteiger partial charge is 0.475 e. The van der Waals surface area contributed by atoms with E-state index >= 15 is 0 Å². The van der Waals surface area contributed by atoms with E-state index in [2.05, 4.69) is 43.1 Å². The van der Waals surface area contributed by atoms with Gasteiger partial charge in [0.25, 0.3) is 0 Å². The summed E-state index contributed by atoms with van der Waals surface area (Å²) in [5.74, 6) is 7.29. The fraction of sp³-hybridized carbons (Fsp3) is 0.692. The third-order valence-electron chi connectivity index (χ3n) is 2.54. The van der Waals surface area contributed by atoms with E-state index in [0.29, 0.717) is 11.7 Å². The second-order valence-corrected chi connectivity index (χ2v) is 5.53. The first kappa shape index (κ1) is 14.7. The molecule has 0 aliphatic carbocycles. The van der Waals surface area contributed by atoms with Crippen molar-refractivity contribution in [2.45, 2.75) is 59.0 Å². The van der Waals surface area contributed by atoms with Crippen LogP contribution in [0.15, 0.2) is 6.07 Å². The number of hydrazine groups is 1. The van der Waals surface area contributed by atoms with Crippen LogP contribution in [0.5, 0.6) is 5.88 Å². The quantitative estimate of drug-likeness (QED) is 0.622. The summed E-state index contributed by atoms with van der Waals surface area (Å²) < 4.78 is 5.79. The molecule has 0 radical (unpaired) electrons. The minimum Gasteiger partial charge on any atom is -0.475 e. The van der Waals surface area contributed by atoms with E-state index in [4.69, 9.17) is 10.6 Å². The molecule has 102 valence electrons. The summed E-state index contributed by atoms with van der Waals surface area (Å²) in [5, 5.41) is 0. The molecule has 0 fully saturated rings. The molecule has 1 rings (SSSR count). The molecule has 0 aromatic carbocycles. The first-order chi connectivity index (χ1) is 8.36. The zero-order valence-corrected chi connectivity index (χ0v) is 11.9. The average Bonchev–Trinajstić information content (AvgIpc) is 2.27. The zero-order valence-electron chi connectivity index (χ0n) is 11.9. The summed E-state index contributed by atoms with van der Waals surface area (Å²) >= 11 is 0. The van der Waals surface area contributed by atoms with Crippen LogP contribution in [-0.4, -0.2) is 16.1 Å². The van der Waals surface area contributed by atoms with Crippen molar-refractivity contribution in [3.05, 3.63) is 11.9 Å². The molecule has 1 aromatic heterocycles. The van der Waals surface area contributed by atoms with E-state index in [1.54, 1.807) is 6.07 Å². The first-order valence-electron chi connectivity index (χ1n) is 6.39. The molecule has 1 unspecified atom stereocenters. The van der Waals surface area contributed by atoms with Gasteiger partial charge in [-0.1, -0.05) is 34.1 Å². The molecule has 5 heteroatoms. The van der Waals surface area contributed by atoms with Gasteiger partial charge in [-0.3, -0.25) is 0 Å². The lowest BCUT2D eigenvalue weighted by Crippen LogP contribution is -2.20. The highest BCUT2D eigenvalue weighted by Crippen LogP contribution is 2.23. The molecule has 18 heavy (non-hydrogen) atoms. The lowest BCUT2D eigenvalue weighted by molar-refractivity contribution is 0.200. The molecule has 0 aliphatic rings. The van der Waals surface area contributed by atoms with Crippen molar-refractivity contribution in [2.24, 2.45) is 5.84 Å². The predicted molar refractivity (Wildman–Crippen MR) is 73.5 cm³/mol. The van der Waals surface area contributed by atoms with Crippen LogP contribution in [0.4, 0.5) is 5.82 Å². The number of anilines is 1. The molecule has 1 heterocycles. The van der Waals surface area contributed by atoms with Crippen molar-refractivity contribution in [1.82, 2.24) is 9.97 Å². The van der Waals surface area contributed by atoms with E-state index in [-0.39, 0.29) is 11.5 Å². The van der Waals surface area contributed by atoms with Crippen molar-refractivity contribution < 1.29 is 4.74 Å². The third kappa shape index (κ3) is 4.14. The highest BCUT2D eigenvalue weighted by atomic mass is 16.5. The summed E-state index contributed by atoms with van der Waals surface area (Å²) in [6.45, 7) is 10.3. The molecule has 0 bridgehead atoms. The number of nitrogens with zero attached hydrogens (tertiary/aromatic N) is 2. The Kier molecular flexibility index (Phi) is 4.90. The van der Waals surface area contributed by atoms with Gasteiger partial charge in [0, 0.05) is 11.5 Å². The Hall–Kier alpha value is -1.36. The molecule has 0 aliphatic heterocycles. The number of nitrogens with two attached hydrogens (primary N) is 1. The molecule has 0 amide bonds. The number of nitrogens with one attached hydrogen (secondary N) is 1. The van der Waals surface area contributed by atoms with E-state index in [0.717, 1.165) is 18.7 Å². The molecule has 1 atom stereocenters. The van der Waals surface area contributed by atoms with Crippen LogP contribution in [-0.2, 0) is 5.41 Å². The van der Waals surface area contributed by atoms with E-state index in [1.807, 2.05) is 6.92 Å². The predicted octanol–water partition coefficient (Wildman–Crippen LogP) is 2.63. The van der Waals surface area contributed by atoms with Gasteiger partial charge in [0.1, 0.15) is 11.6 Å². The summed E-state index contributed by atoms with van der Waals surface area (Å²) in [6, 6.07) is 1.72. The minimum atomic E-state index is -0.140. The summed E-state index contributed by atoms with van der Waals surface area (Å²) in [5.41, 5.74) is 2.41. The van der Waals surface area contributed by atoms with Crippen LogP contribution in [0, 0.1) is 0 Å². The minimum absolute atomic E-state index is 0.140. The Morgan fingerprint density at radius 2 is 2.06 bits per heavy atom. The number of hydrogen-bond acceptors (Lipinski definition) is 5. The molecule has 1 aromatic rings. The maximum Gasteiger partial charge on any atom is 0.219 e. The molecule has 3 N–H and O–H groups in total. The monoisotopic (exact) mass is 252 g/mol. The Balaban J connectivity index is 2.97. The number of aromatic nitrogens is 2. The van der Waals surface area contributed by atoms with E-state index in [1.165, 1.54) is 0 Å². The number of nitrogen functional groups attached to an aromatic ring is 1. The Labute approximate surface area is 109 Å². The number of hydrogen-bond donors (Lipinski definition) is 2. The topological polar surface area (TPSA) is 73.1 Å². The Morgan fingerprint density at radius 1 is 1.39 bits per heavy atom. The molecular formula is C13H24N4O. The van der Waals surface area contributed by atoms with Crippen LogP contribution in [0.1, 0.15) is 53.3 Å².